The lowest BCUT2D eigenvalue weighted by atomic mass is 9.90. The van der Waals surface area contributed by atoms with E-state index in [1.165, 1.54) is 16.0 Å². The molecule has 1 aromatic heterocycles. The van der Waals surface area contributed by atoms with Crippen molar-refractivity contribution >= 4 is 11.3 Å². The van der Waals surface area contributed by atoms with Gasteiger partial charge in [-0.2, -0.15) is 0 Å². The minimum absolute atomic E-state index is 0.0990. The van der Waals surface area contributed by atoms with Crippen LogP contribution >= 0.6 is 11.3 Å². The molecule has 1 aliphatic rings. The third kappa shape index (κ3) is 3.65. The van der Waals surface area contributed by atoms with Gasteiger partial charge in [-0.3, -0.25) is 4.90 Å². The predicted octanol–water partition coefficient (Wildman–Crippen LogP) is 4.45. The lowest BCUT2D eigenvalue weighted by Crippen LogP contribution is -2.38. The predicted molar refractivity (Wildman–Crippen MR) is 112 cm³/mol. The molecule has 0 unspecified atom stereocenters. The molecule has 1 aliphatic heterocycles. The summed E-state index contributed by atoms with van der Waals surface area (Å²) >= 11 is 1.75. The highest BCUT2D eigenvalue weighted by atomic mass is 32.1. The van der Waals surface area contributed by atoms with Gasteiger partial charge in [-0.1, -0.05) is 36.4 Å². The Balaban J connectivity index is 1.71. The molecule has 0 saturated heterocycles. The van der Waals surface area contributed by atoms with Crippen LogP contribution in [0.4, 0.5) is 0 Å². The number of fused-ring (bicyclic) bond motifs is 1. The molecule has 0 saturated carbocycles. The summed E-state index contributed by atoms with van der Waals surface area (Å²) in [6, 6.07) is 18.4. The van der Waals surface area contributed by atoms with Crippen molar-refractivity contribution in [2.24, 2.45) is 0 Å². The van der Waals surface area contributed by atoms with Crippen molar-refractivity contribution < 1.29 is 14.6 Å². The minimum atomic E-state index is -0.523. The molecule has 0 fully saturated rings. The molecule has 5 heteroatoms. The number of β-amino-alcohol motifs (C(OH)–C–C–N with tert-alkyl or cyclic N) is 1. The molecule has 4 nitrogen and oxygen atoms in total. The second-order valence-corrected chi connectivity index (χ2v) is 7.97. The van der Waals surface area contributed by atoms with Crippen molar-refractivity contribution in [3.8, 4) is 11.5 Å². The maximum absolute atomic E-state index is 10.8. The standard InChI is InChI=1S/C23H25NO3S/c1-26-20-13-17-10-11-24(15-19(25)16-7-4-3-5-8-16)23(22-9-6-12-28-22)18(17)14-21(20)27-2/h3-9,12-14,19,23,25H,10-11,15H2,1-2H3/t19-,23+/m1/s1. The SMILES string of the molecule is COc1cc2c(cc1OC)[C@@H](c1cccs1)N(C[C@@H](O)c1ccccc1)CC2. The van der Waals surface area contributed by atoms with E-state index in [0.29, 0.717) is 6.54 Å². The molecule has 0 radical (unpaired) electrons. The summed E-state index contributed by atoms with van der Waals surface area (Å²) < 4.78 is 11.1. The zero-order valence-corrected chi connectivity index (χ0v) is 17.0. The Kier molecular flexibility index (Phi) is 5.67. The third-order valence-electron chi connectivity index (χ3n) is 5.38. The van der Waals surface area contributed by atoms with E-state index < -0.39 is 6.10 Å². The number of nitrogens with zero attached hydrogens (tertiary/aromatic N) is 1. The second-order valence-electron chi connectivity index (χ2n) is 7.00. The van der Waals surface area contributed by atoms with Crippen LogP contribution in [0.25, 0.3) is 0 Å². The van der Waals surface area contributed by atoms with Gasteiger partial charge in [-0.05, 0) is 46.7 Å². The zero-order chi connectivity index (χ0) is 19.5. The number of benzene rings is 2. The van der Waals surface area contributed by atoms with E-state index >= 15 is 0 Å². The molecule has 3 aromatic rings. The maximum atomic E-state index is 10.8. The Morgan fingerprint density at radius 2 is 1.82 bits per heavy atom. The lowest BCUT2D eigenvalue weighted by Gasteiger charge is -2.38. The molecular weight excluding hydrogens is 370 g/mol. The second kappa shape index (κ2) is 8.35. The Morgan fingerprint density at radius 3 is 2.50 bits per heavy atom. The number of aliphatic hydroxyl groups is 1. The Hall–Kier alpha value is -2.34. The first kappa shape index (κ1) is 19.0. The third-order valence-corrected chi connectivity index (χ3v) is 6.30. The normalized spacial score (nSPS) is 17.8. The van der Waals surface area contributed by atoms with Gasteiger partial charge in [0.15, 0.2) is 11.5 Å². The van der Waals surface area contributed by atoms with Gasteiger partial charge in [0.1, 0.15) is 0 Å². The highest BCUT2D eigenvalue weighted by molar-refractivity contribution is 7.10. The van der Waals surface area contributed by atoms with Crippen LogP contribution in [0.1, 0.15) is 33.7 Å². The monoisotopic (exact) mass is 395 g/mol. The van der Waals surface area contributed by atoms with E-state index in [9.17, 15) is 5.11 Å². The van der Waals surface area contributed by atoms with Gasteiger partial charge >= 0.3 is 0 Å². The van der Waals surface area contributed by atoms with Crippen LogP contribution in [-0.2, 0) is 6.42 Å². The van der Waals surface area contributed by atoms with Gasteiger partial charge < -0.3 is 14.6 Å². The molecule has 4 rings (SSSR count). The summed E-state index contributed by atoms with van der Waals surface area (Å²) in [7, 11) is 3.34. The number of aliphatic hydroxyl groups excluding tert-OH is 1. The summed E-state index contributed by atoms with van der Waals surface area (Å²) in [4.78, 5) is 3.64. The number of hydrogen-bond donors (Lipinski definition) is 1. The molecule has 28 heavy (non-hydrogen) atoms. The van der Waals surface area contributed by atoms with Crippen LogP contribution < -0.4 is 9.47 Å². The van der Waals surface area contributed by atoms with Crippen molar-refractivity contribution in [2.45, 2.75) is 18.6 Å². The molecule has 0 aliphatic carbocycles. The van der Waals surface area contributed by atoms with Gasteiger partial charge in [0, 0.05) is 18.0 Å². The van der Waals surface area contributed by atoms with Gasteiger partial charge in [0.2, 0.25) is 0 Å². The Labute approximate surface area is 170 Å². The molecule has 0 spiro atoms. The van der Waals surface area contributed by atoms with Gasteiger partial charge in [0.05, 0.1) is 26.4 Å². The molecular formula is C23H25NO3S. The van der Waals surface area contributed by atoms with Crippen molar-refractivity contribution in [1.29, 1.82) is 0 Å². The van der Waals surface area contributed by atoms with E-state index in [0.717, 1.165) is 30.0 Å². The van der Waals surface area contributed by atoms with E-state index in [1.807, 2.05) is 30.3 Å². The van der Waals surface area contributed by atoms with Crippen molar-refractivity contribution in [1.82, 2.24) is 4.90 Å². The lowest BCUT2D eigenvalue weighted by molar-refractivity contribution is 0.0929. The van der Waals surface area contributed by atoms with Crippen LogP contribution in [0.2, 0.25) is 0 Å². The van der Waals surface area contributed by atoms with Crippen molar-refractivity contribution in [3.05, 3.63) is 81.5 Å². The minimum Gasteiger partial charge on any atom is -0.493 e. The molecule has 146 valence electrons. The van der Waals surface area contributed by atoms with Gasteiger partial charge in [-0.25, -0.2) is 0 Å². The average Bonchev–Trinajstić information content (AvgIpc) is 3.27. The fourth-order valence-electron chi connectivity index (χ4n) is 3.98. The number of hydrogen-bond acceptors (Lipinski definition) is 5. The fraction of sp³-hybridized carbons (Fsp3) is 0.304. The van der Waals surface area contributed by atoms with Crippen LogP contribution in [0.3, 0.4) is 0 Å². The van der Waals surface area contributed by atoms with Crippen molar-refractivity contribution in [2.75, 3.05) is 27.3 Å². The summed E-state index contributed by atoms with van der Waals surface area (Å²) in [6.07, 6.45) is 0.393. The molecule has 2 heterocycles. The van der Waals surface area contributed by atoms with Crippen molar-refractivity contribution in [3.63, 3.8) is 0 Å². The number of rotatable bonds is 6. The summed E-state index contributed by atoms with van der Waals surface area (Å²) in [6.45, 7) is 1.47. The molecule has 0 amide bonds. The summed E-state index contributed by atoms with van der Waals surface area (Å²) in [5, 5.41) is 12.9. The fourth-order valence-corrected chi connectivity index (χ4v) is 4.85. The largest absolute Gasteiger partial charge is 0.493 e. The summed E-state index contributed by atoms with van der Waals surface area (Å²) in [5.41, 5.74) is 3.46. The highest BCUT2D eigenvalue weighted by Gasteiger charge is 2.32. The summed E-state index contributed by atoms with van der Waals surface area (Å²) in [5.74, 6) is 1.51. The molecule has 0 bridgehead atoms. The average molecular weight is 396 g/mol. The van der Waals surface area contributed by atoms with Crippen LogP contribution in [0, 0.1) is 0 Å². The van der Waals surface area contributed by atoms with Crippen LogP contribution in [-0.4, -0.2) is 37.3 Å². The zero-order valence-electron chi connectivity index (χ0n) is 16.2. The van der Waals surface area contributed by atoms with E-state index in [-0.39, 0.29) is 6.04 Å². The highest BCUT2D eigenvalue weighted by Crippen LogP contribution is 2.42. The maximum Gasteiger partial charge on any atom is 0.161 e. The van der Waals surface area contributed by atoms with Gasteiger partial charge in [-0.15, -0.1) is 11.3 Å². The van der Waals surface area contributed by atoms with Crippen LogP contribution in [0.5, 0.6) is 11.5 Å². The first-order valence-electron chi connectivity index (χ1n) is 9.46. The quantitative estimate of drug-likeness (QED) is 0.670. The van der Waals surface area contributed by atoms with E-state index in [4.69, 9.17) is 9.47 Å². The first-order chi connectivity index (χ1) is 13.7. The smallest absolute Gasteiger partial charge is 0.161 e. The topological polar surface area (TPSA) is 41.9 Å². The molecule has 2 atom stereocenters. The number of methoxy groups -OCH3 is 2. The number of thiophene rings is 1. The van der Waals surface area contributed by atoms with E-state index in [1.54, 1.807) is 25.6 Å². The molecule has 1 N–H and O–H groups in total. The number of ether oxygens (including phenoxy) is 2. The van der Waals surface area contributed by atoms with E-state index in [2.05, 4.69) is 34.5 Å². The molecule has 2 aromatic carbocycles. The van der Waals surface area contributed by atoms with Crippen LogP contribution in [0.15, 0.2) is 60.0 Å². The van der Waals surface area contributed by atoms with Gasteiger partial charge in [0.25, 0.3) is 0 Å². The Morgan fingerprint density at radius 1 is 1.07 bits per heavy atom. The Bertz CT molecular complexity index is 911. The first-order valence-corrected chi connectivity index (χ1v) is 10.3.